The first kappa shape index (κ1) is 9.33. The van der Waals surface area contributed by atoms with Crippen molar-refractivity contribution in [2.75, 3.05) is 5.73 Å². The molecule has 74 valence electrons. The van der Waals surface area contributed by atoms with Crippen molar-refractivity contribution in [2.45, 2.75) is 13.5 Å². The Morgan fingerprint density at radius 2 is 2.36 bits per heavy atom. The first-order valence-corrected chi connectivity index (χ1v) is 4.98. The summed E-state index contributed by atoms with van der Waals surface area (Å²) in [5, 5.41) is 4.14. The Balaban J connectivity index is 2.22. The highest BCUT2D eigenvalue weighted by Crippen LogP contribution is 2.16. The van der Waals surface area contributed by atoms with Gasteiger partial charge in [0.2, 0.25) is 0 Å². The fourth-order valence-corrected chi connectivity index (χ4v) is 1.54. The van der Waals surface area contributed by atoms with Crippen molar-refractivity contribution in [1.29, 1.82) is 0 Å². The van der Waals surface area contributed by atoms with Gasteiger partial charge in [0.05, 0.1) is 24.1 Å². The average Bonchev–Trinajstić information content (AvgIpc) is 2.67. The Kier molecular flexibility index (Phi) is 2.33. The molecule has 0 amide bonds. The van der Waals surface area contributed by atoms with Crippen LogP contribution in [0.15, 0.2) is 27.4 Å². The lowest BCUT2D eigenvalue weighted by Gasteiger charge is -2.01. The SMILES string of the molecule is Cc1c(N)cnn1Cc1ccc(Br)o1. The van der Waals surface area contributed by atoms with E-state index in [0.717, 1.165) is 16.1 Å². The molecule has 0 bridgehead atoms. The number of rotatable bonds is 2. The average molecular weight is 256 g/mol. The molecule has 0 unspecified atom stereocenters. The molecule has 0 aliphatic heterocycles. The molecule has 5 heteroatoms. The van der Waals surface area contributed by atoms with Gasteiger partial charge < -0.3 is 10.2 Å². The summed E-state index contributed by atoms with van der Waals surface area (Å²) in [6.07, 6.45) is 1.65. The van der Waals surface area contributed by atoms with Crippen LogP contribution in [0.25, 0.3) is 0 Å². The third kappa shape index (κ3) is 1.68. The number of nitrogen functional groups attached to an aromatic ring is 1. The van der Waals surface area contributed by atoms with Crippen LogP contribution in [0.1, 0.15) is 11.5 Å². The van der Waals surface area contributed by atoms with Crippen molar-refractivity contribution in [3.8, 4) is 0 Å². The number of furan rings is 1. The van der Waals surface area contributed by atoms with Crippen LogP contribution >= 0.6 is 15.9 Å². The number of halogens is 1. The second-order valence-corrected chi connectivity index (χ2v) is 3.83. The first-order chi connectivity index (χ1) is 6.66. The van der Waals surface area contributed by atoms with E-state index in [0.29, 0.717) is 12.2 Å². The number of nitrogens with zero attached hydrogens (tertiary/aromatic N) is 2. The fourth-order valence-electron chi connectivity index (χ4n) is 1.20. The Hall–Kier alpha value is -1.23. The standard InChI is InChI=1S/C9H10BrN3O/c1-6-8(11)4-12-13(6)5-7-2-3-9(10)14-7/h2-4H,5,11H2,1H3. The van der Waals surface area contributed by atoms with Crippen LogP contribution in [0.5, 0.6) is 0 Å². The highest BCUT2D eigenvalue weighted by Gasteiger charge is 2.05. The Morgan fingerprint density at radius 3 is 2.86 bits per heavy atom. The van der Waals surface area contributed by atoms with Crippen LogP contribution in [0.4, 0.5) is 5.69 Å². The molecule has 2 heterocycles. The summed E-state index contributed by atoms with van der Waals surface area (Å²) in [4.78, 5) is 0. The number of nitrogens with two attached hydrogens (primary N) is 1. The van der Waals surface area contributed by atoms with Crippen molar-refractivity contribution in [2.24, 2.45) is 0 Å². The van der Waals surface area contributed by atoms with Gasteiger partial charge in [-0.25, -0.2) is 0 Å². The summed E-state index contributed by atoms with van der Waals surface area (Å²) in [5.41, 5.74) is 7.34. The molecule has 0 aliphatic rings. The van der Waals surface area contributed by atoms with Gasteiger partial charge in [-0.05, 0) is 35.0 Å². The molecule has 0 fully saturated rings. The topological polar surface area (TPSA) is 57.0 Å². The lowest BCUT2D eigenvalue weighted by molar-refractivity contribution is 0.460. The van der Waals surface area contributed by atoms with Crippen molar-refractivity contribution in [3.63, 3.8) is 0 Å². The van der Waals surface area contributed by atoms with Gasteiger partial charge in [0.1, 0.15) is 5.76 Å². The summed E-state index contributed by atoms with van der Waals surface area (Å²) in [6.45, 7) is 2.54. The van der Waals surface area contributed by atoms with Crippen LogP contribution in [-0.2, 0) is 6.54 Å². The molecule has 0 radical (unpaired) electrons. The van der Waals surface area contributed by atoms with E-state index in [1.807, 2.05) is 19.1 Å². The van der Waals surface area contributed by atoms with Crippen LogP contribution in [0.2, 0.25) is 0 Å². The van der Waals surface area contributed by atoms with E-state index >= 15 is 0 Å². The van der Waals surface area contributed by atoms with Crippen LogP contribution in [-0.4, -0.2) is 9.78 Å². The van der Waals surface area contributed by atoms with E-state index in [1.54, 1.807) is 10.9 Å². The third-order valence-corrected chi connectivity index (χ3v) is 2.50. The maximum atomic E-state index is 5.68. The molecule has 0 saturated heterocycles. The molecular weight excluding hydrogens is 246 g/mol. The van der Waals surface area contributed by atoms with Gasteiger partial charge >= 0.3 is 0 Å². The lowest BCUT2D eigenvalue weighted by Crippen LogP contribution is -2.03. The second kappa shape index (κ2) is 3.49. The van der Waals surface area contributed by atoms with E-state index in [4.69, 9.17) is 10.2 Å². The van der Waals surface area contributed by atoms with Crippen LogP contribution < -0.4 is 5.73 Å². The normalized spacial score (nSPS) is 10.7. The molecule has 2 aromatic heterocycles. The van der Waals surface area contributed by atoms with Gasteiger partial charge in [-0.1, -0.05) is 0 Å². The minimum atomic E-state index is 0.606. The molecule has 0 saturated carbocycles. The molecule has 2 N–H and O–H groups in total. The van der Waals surface area contributed by atoms with E-state index in [2.05, 4.69) is 21.0 Å². The minimum absolute atomic E-state index is 0.606. The highest BCUT2D eigenvalue weighted by atomic mass is 79.9. The minimum Gasteiger partial charge on any atom is -0.452 e. The summed E-state index contributed by atoms with van der Waals surface area (Å²) in [6, 6.07) is 3.76. The van der Waals surface area contributed by atoms with Gasteiger partial charge in [0.15, 0.2) is 4.67 Å². The quantitative estimate of drug-likeness (QED) is 0.895. The number of hydrogen-bond acceptors (Lipinski definition) is 3. The zero-order chi connectivity index (χ0) is 10.1. The smallest absolute Gasteiger partial charge is 0.169 e. The predicted octanol–water partition coefficient (Wildman–Crippen LogP) is 2.18. The summed E-state index contributed by atoms with van der Waals surface area (Å²) >= 11 is 3.25. The van der Waals surface area contributed by atoms with Crippen molar-refractivity contribution in [3.05, 3.63) is 34.5 Å². The largest absolute Gasteiger partial charge is 0.452 e. The molecule has 4 nitrogen and oxygen atoms in total. The summed E-state index contributed by atoms with van der Waals surface area (Å²) in [5.74, 6) is 0.850. The Labute approximate surface area is 89.8 Å². The predicted molar refractivity (Wildman–Crippen MR) is 56.9 cm³/mol. The molecule has 0 aromatic carbocycles. The van der Waals surface area contributed by atoms with Gasteiger partial charge in [-0.15, -0.1) is 0 Å². The maximum absolute atomic E-state index is 5.68. The Morgan fingerprint density at radius 1 is 1.57 bits per heavy atom. The number of aromatic nitrogens is 2. The molecule has 0 spiro atoms. The Bertz CT molecular complexity index is 447. The van der Waals surface area contributed by atoms with Crippen molar-refractivity contribution >= 4 is 21.6 Å². The zero-order valence-corrected chi connectivity index (χ0v) is 9.28. The maximum Gasteiger partial charge on any atom is 0.169 e. The van der Waals surface area contributed by atoms with E-state index in [-0.39, 0.29) is 0 Å². The summed E-state index contributed by atoms with van der Waals surface area (Å²) in [7, 11) is 0. The van der Waals surface area contributed by atoms with E-state index in [9.17, 15) is 0 Å². The second-order valence-electron chi connectivity index (χ2n) is 3.05. The van der Waals surface area contributed by atoms with Gasteiger partial charge in [-0.3, -0.25) is 4.68 Å². The third-order valence-electron chi connectivity index (χ3n) is 2.08. The van der Waals surface area contributed by atoms with Crippen LogP contribution in [0, 0.1) is 6.92 Å². The molecule has 0 aliphatic carbocycles. The van der Waals surface area contributed by atoms with Crippen molar-refractivity contribution in [1.82, 2.24) is 9.78 Å². The highest BCUT2D eigenvalue weighted by molar-refractivity contribution is 9.10. The van der Waals surface area contributed by atoms with Gasteiger partial charge in [0, 0.05) is 0 Å². The molecule has 2 aromatic rings. The van der Waals surface area contributed by atoms with Crippen molar-refractivity contribution < 1.29 is 4.42 Å². The van der Waals surface area contributed by atoms with Gasteiger partial charge in [-0.2, -0.15) is 5.10 Å². The monoisotopic (exact) mass is 255 g/mol. The fraction of sp³-hybridized carbons (Fsp3) is 0.222. The molecule has 0 atom stereocenters. The summed E-state index contributed by atoms with van der Waals surface area (Å²) < 4.78 is 7.90. The number of anilines is 1. The molecular formula is C9H10BrN3O. The van der Waals surface area contributed by atoms with Gasteiger partial charge in [0.25, 0.3) is 0 Å². The van der Waals surface area contributed by atoms with Crippen LogP contribution in [0.3, 0.4) is 0 Å². The number of hydrogen-bond donors (Lipinski definition) is 1. The van der Waals surface area contributed by atoms with E-state index < -0.39 is 0 Å². The first-order valence-electron chi connectivity index (χ1n) is 4.19. The van der Waals surface area contributed by atoms with E-state index in [1.165, 1.54) is 0 Å². The lowest BCUT2D eigenvalue weighted by atomic mass is 10.4. The molecule has 2 rings (SSSR count). The molecule has 14 heavy (non-hydrogen) atoms. The zero-order valence-electron chi connectivity index (χ0n) is 7.70.